The molecule has 1 aromatic heterocycles. The summed E-state index contributed by atoms with van der Waals surface area (Å²) in [6.07, 6.45) is 3.78. The molecule has 2 amide bonds. The number of aryl methyl sites for hydroxylation is 1. The van der Waals surface area contributed by atoms with Gasteiger partial charge in [0.15, 0.2) is 0 Å². The largest absolute Gasteiger partial charge is 0.337 e. The van der Waals surface area contributed by atoms with E-state index in [9.17, 15) is 4.79 Å². The number of aromatic nitrogens is 2. The average molecular weight is 307 g/mol. The summed E-state index contributed by atoms with van der Waals surface area (Å²) >= 11 is 0. The van der Waals surface area contributed by atoms with E-state index in [1.165, 1.54) is 0 Å². The number of amides is 2. The van der Waals surface area contributed by atoms with Crippen LogP contribution in [-0.2, 0) is 7.05 Å². The van der Waals surface area contributed by atoms with E-state index in [0.717, 1.165) is 25.5 Å². The zero-order valence-corrected chi connectivity index (χ0v) is 14.4. The molecule has 22 heavy (non-hydrogen) atoms. The van der Waals surface area contributed by atoms with E-state index in [2.05, 4.69) is 42.9 Å². The third-order valence-corrected chi connectivity index (χ3v) is 4.69. The fourth-order valence-corrected chi connectivity index (χ4v) is 2.78. The molecule has 1 fully saturated rings. The van der Waals surface area contributed by atoms with Crippen LogP contribution in [0, 0.1) is 5.92 Å². The summed E-state index contributed by atoms with van der Waals surface area (Å²) in [4.78, 5) is 21.3. The van der Waals surface area contributed by atoms with Gasteiger partial charge in [-0.3, -0.25) is 4.90 Å². The van der Waals surface area contributed by atoms with E-state index < -0.39 is 0 Å². The van der Waals surface area contributed by atoms with Crippen LogP contribution < -0.4 is 5.32 Å². The minimum atomic E-state index is 0.0381. The highest BCUT2D eigenvalue weighted by atomic mass is 16.2. The Kier molecular flexibility index (Phi) is 5.45. The first-order valence-electron chi connectivity index (χ1n) is 8.20. The molecule has 0 spiro atoms. The second-order valence-electron chi connectivity index (χ2n) is 6.47. The van der Waals surface area contributed by atoms with Crippen molar-refractivity contribution in [1.29, 1.82) is 0 Å². The lowest BCUT2D eigenvalue weighted by Crippen LogP contribution is -2.55. The molecule has 124 valence electrons. The summed E-state index contributed by atoms with van der Waals surface area (Å²) in [6.45, 7) is 11.8. The summed E-state index contributed by atoms with van der Waals surface area (Å²) in [6, 6.07) is 0.387. The third-order valence-electron chi connectivity index (χ3n) is 4.69. The lowest BCUT2D eigenvalue weighted by Gasteiger charge is -2.40. The molecule has 0 radical (unpaired) electrons. The zero-order chi connectivity index (χ0) is 16.3. The lowest BCUT2D eigenvalue weighted by atomic mass is 10.1. The molecule has 1 saturated heterocycles. The molecular weight excluding hydrogens is 278 g/mol. The minimum Gasteiger partial charge on any atom is -0.337 e. The molecule has 1 aliphatic heterocycles. The van der Waals surface area contributed by atoms with Crippen LogP contribution in [0.5, 0.6) is 0 Å². The molecule has 0 saturated carbocycles. The van der Waals surface area contributed by atoms with Crippen LogP contribution in [0.4, 0.5) is 4.79 Å². The number of hydrogen-bond acceptors (Lipinski definition) is 3. The van der Waals surface area contributed by atoms with Gasteiger partial charge in [-0.1, -0.05) is 20.8 Å². The van der Waals surface area contributed by atoms with E-state index in [1.54, 1.807) is 0 Å². The summed E-state index contributed by atoms with van der Waals surface area (Å²) in [7, 11) is 2.01. The summed E-state index contributed by atoms with van der Waals surface area (Å²) < 4.78 is 2.05. The maximum absolute atomic E-state index is 12.5. The van der Waals surface area contributed by atoms with E-state index in [-0.39, 0.29) is 18.1 Å². The summed E-state index contributed by atoms with van der Waals surface area (Å²) in [5.74, 6) is 1.46. The van der Waals surface area contributed by atoms with Gasteiger partial charge in [-0.25, -0.2) is 9.78 Å². The summed E-state index contributed by atoms with van der Waals surface area (Å²) in [5.41, 5.74) is 0. The minimum absolute atomic E-state index is 0.0381. The molecule has 2 atom stereocenters. The fourth-order valence-electron chi connectivity index (χ4n) is 2.78. The SMILES string of the molecule is CCN1CCN(C(=O)N[C@@H](C)C(C)C)C[C@@H]1c1nccn1C. The van der Waals surface area contributed by atoms with Crippen molar-refractivity contribution in [3.8, 4) is 0 Å². The molecule has 0 aliphatic carbocycles. The Morgan fingerprint density at radius 2 is 2.14 bits per heavy atom. The monoisotopic (exact) mass is 307 g/mol. The number of imidazole rings is 1. The topological polar surface area (TPSA) is 53.4 Å². The molecule has 1 aliphatic rings. The summed E-state index contributed by atoms with van der Waals surface area (Å²) in [5, 5.41) is 3.10. The van der Waals surface area contributed by atoms with Gasteiger partial charge in [0.1, 0.15) is 5.82 Å². The molecule has 6 heteroatoms. The number of likely N-dealkylation sites (N-methyl/N-ethyl adjacent to an activating group) is 1. The number of urea groups is 1. The predicted molar refractivity (Wildman–Crippen MR) is 87.6 cm³/mol. The Hall–Kier alpha value is -1.56. The van der Waals surface area contributed by atoms with Crippen molar-refractivity contribution in [2.75, 3.05) is 26.2 Å². The highest BCUT2D eigenvalue weighted by Crippen LogP contribution is 2.23. The van der Waals surface area contributed by atoms with Gasteiger partial charge >= 0.3 is 6.03 Å². The Balaban J connectivity index is 2.07. The highest BCUT2D eigenvalue weighted by Gasteiger charge is 2.32. The van der Waals surface area contributed by atoms with Crippen molar-refractivity contribution in [3.05, 3.63) is 18.2 Å². The first-order chi connectivity index (χ1) is 10.4. The fraction of sp³-hybridized carbons (Fsp3) is 0.750. The standard InChI is InChI=1S/C16H29N5O/c1-6-20-9-10-21(16(22)18-13(4)12(2)3)11-14(20)15-17-7-8-19(15)5/h7-8,12-14H,6,9-11H2,1-5H3,(H,18,22)/t13-,14+/m0/s1. The highest BCUT2D eigenvalue weighted by molar-refractivity contribution is 5.74. The Bertz CT molecular complexity index is 498. The normalized spacial score (nSPS) is 21.2. The van der Waals surface area contributed by atoms with E-state index in [0.29, 0.717) is 12.5 Å². The maximum Gasteiger partial charge on any atom is 0.317 e. The van der Waals surface area contributed by atoms with E-state index in [4.69, 9.17) is 0 Å². The van der Waals surface area contributed by atoms with Crippen molar-refractivity contribution in [2.24, 2.45) is 13.0 Å². The zero-order valence-electron chi connectivity index (χ0n) is 14.4. The van der Waals surface area contributed by atoms with Crippen LogP contribution in [0.1, 0.15) is 39.6 Å². The van der Waals surface area contributed by atoms with Gasteiger partial charge in [0.2, 0.25) is 0 Å². The van der Waals surface area contributed by atoms with Crippen molar-refractivity contribution in [2.45, 2.75) is 39.8 Å². The van der Waals surface area contributed by atoms with Gasteiger partial charge in [0, 0.05) is 45.1 Å². The molecule has 6 nitrogen and oxygen atoms in total. The van der Waals surface area contributed by atoms with E-state index >= 15 is 0 Å². The van der Waals surface area contributed by atoms with Gasteiger partial charge in [0.05, 0.1) is 6.04 Å². The molecular formula is C16H29N5O. The van der Waals surface area contributed by atoms with Gasteiger partial charge in [-0.2, -0.15) is 0 Å². The molecule has 2 rings (SSSR count). The molecule has 0 aromatic carbocycles. The first kappa shape index (κ1) is 16.8. The van der Waals surface area contributed by atoms with Crippen LogP contribution in [-0.4, -0.2) is 57.6 Å². The van der Waals surface area contributed by atoms with Gasteiger partial charge in [0.25, 0.3) is 0 Å². The van der Waals surface area contributed by atoms with Gasteiger partial charge in [-0.05, 0) is 19.4 Å². The molecule has 0 bridgehead atoms. The number of nitrogens with zero attached hydrogens (tertiary/aromatic N) is 4. The van der Waals surface area contributed by atoms with Crippen molar-refractivity contribution >= 4 is 6.03 Å². The third kappa shape index (κ3) is 3.61. The number of piperazine rings is 1. The Morgan fingerprint density at radius 1 is 1.41 bits per heavy atom. The number of carbonyl (C=O) groups is 1. The van der Waals surface area contributed by atoms with Crippen LogP contribution in [0.15, 0.2) is 12.4 Å². The van der Waals surface area contributed by atoms with Crippen LogP contribution >= 0.6 is 0 Å². The average Bonchev–Trinajstić information content (AvgIpc) is 2.92. The van der Waals surface area contributed by atoms with Crippen LogP contribution in [0.3, 0.4) is 0 Å². The smallest absolute Gasteiger partial charge is 0.317 e. The van der Waals surface area contributed by atoms with Crippen LogP contribution in [0.2, 0.25) is 0 Å². The number of carbonyl (C=O) groups excluding carboxylic acids is 1. The molecule has 2 heterocycles. The molecule has 1 aromatic rings. The number of rotatable bonds is 4. The van der Waals surface area contributed by atoms with Crippen molar-refractivity contribution in [1.82, 2.24) is 24.7 Å². The maximum atomic E-state index is 12.5. The second-order valence-corrected chi connectivity index (χ2v) is 6.47. The lowest BCUT2D eigenvalue weighted by molar-refractivity contribution is 0.0863. The van der Waals surface area contributed by atoms with Crippen LogP contribution in [0.25, 0.3) is 0 Å². The quantitative estimate of drug-likeness (QED) is 0.923. The Morgan fingerprint density at radius 3 is 2.68 bits per heavy atom. The second kappa shape index (κ2) is 7.13. The molecule has 1 N–H and O–H groups in total. The number of nitrogens with one attached hydrogen (secondary N) is 1. The first-order valence-corrected chi connectivity index (χ1v) is 8.20. The van der Waals surface area contributed by atoms with Crippen molar-refractivity contribution < 1.29 is 4.79 Å². The number of hydrogen-bond donors (Lipinski definition) is 1. The molecule has 0 unspecified atom stereocenters. The van der Waals surface area contributed by atoms with Gasteiger partial charge < -0.3 is 14.8 Å². The Labute approximate surface area is 133 Å². The van der Waals surface area contributed by atoms with E-state index in [1.807, 2.05) is 28.9 Å². The predicted octanol–water partition coefficient (Wildman–Crippen LogP) is 1.85. The van der Waals surface area contributed by atoms with Gasteiger partial charge in [-0.15, -0.1) is 0 Å². The van der Waals surface area contributed by atoms with Crippen molar-refractivity contribution in [3.63, 3.8) is 0 Å².